The minimum atomic E-state index is -0.422. The molecule has 1 aromatic rings. The van der Waals surface area contributed by atoms with Crippen molar-refractivity contribution < 1.29 is 14.0 Å². The number of rotatable bonds is 3. The summed E-state index contributed by atoms with van der Waals surface area (Å²) < 4.78 is 13.0. The fourth-order valence-corrected chi connectivity index (χ4v) is 1.47. The summed E-state index contributed by atoms with van der Waals surface area (Å²) in [5.74, 6) is -0.739. The van der Waals surface area contributed by atoms with Crippen molar-refractivity contribution in [2.75, 3.05) is 0 Å². The van der Waals surface area contributed by atoms with Gasteiger partial charge >= 0.3 is 0 Å². The quantitative estimate of drug-likeness (QED) is 0.465. The minimum Gasteiger partial charge on any atom is -0.303 e. The summed E-state index contributed by atoms with van der Waals surface area (Å²) in [4.78, 5) is 21.2. The van der Waals surface area contributed by atoms with Gasteiger partial charge in [0.25, 0.3) is 0 Å². The summed E-state index contributed by atoms with van der Waals surface area (Å²) in [7, 11) is 0. The number of Topliss-reactive ketones (excluding diaryl/α,β-unsaturated/α-hetero) is 1. The van der Waals surface area contributed by atoms with E-state index in [-0.39, 0.29) is 12.2 Å². The van der Waals surface area contributed by atoms with Crippen LogP contribution < -0.4 is 0 Å². The molecule has 0 aliphatic carbocycles. The van der Waals surface area contributed by atoms with Crippen LogP contribution >= 0.6 is 15.9 Å². The third-order valence-electron chi connectivity index (χ3n) is 1.50. The smallest absolute Gasteiger partial charge is 0.171 e. The van der Waals surface area contributed by atoms with Crippen LogP contribution in [0.15, 0.2) is 22.7 Å². The van der Waals surface area contributed by atoms with Crippen LogP contribution in [0.25, 0.3) is 0 Å². The molecule has 0 fully saturated rings. The Morgan fingerprint density at radius 2 is 2.23 bits per heavy atom. The van der Waals surface area contributed by atoms with E-state index in [1.165, 1.54) is 18.2 Å². The Morgan fingerprint density at radius 3 is 2.77 bits per heavy atom. The Kier molecular flexibility index (Phi) is 3.31. The minimum absolute atomic E-state index is 0.176. The van der Waals surface area contributed by atoms with Crippen LogP contribution in [0.5, 0.6) is 0 Å². The standard InChI is InChI=1S/C9H6BrFO2/c10-8-5-6(11)1-2-7(8)9(13)3-4-12/h1-2,4-5H,3H2. The number of halogens is 2. The molecule has 13 heavy (non-hydrogen) atoms. The highest BCUT2D eigenvalue weighted by Crippen LogP contribution is 2.18. The molecule has 1 aromatic carbocycles. The number of carbonyl (C=O) groups is 2. The van der Waals surface area contributed by atoms with Crippen molar-refractivity contribution >= 4 is 28.0 Å². The fourth-order valence-electron chi connectivity index (χ4n) is 0.901. The summed E-state index contributed by atoms with van der Waals surface area (Å²) in [5.41, 5.74) is 0.327. The van der Waals surface area contributed by atoms with E-state index in [0.29, 0.717) is 16.3 Å². The van der Waals surface area contributed by atoms with E-state index in [9.17, 15) is 14.0 Å². The van der Waals surface area contributed by atoms with Gasteiger partial charge in [-0.1, -0.05) is 0 Å². The topological polar surface area (TPSA) is 34.1 Å². The highest BCUT2D eigenvalue weighted by Gasteiger charge is 2.09. The fraction of sp³-hybridized carbons (Fsp3) is 0.111. The number of hydrogen-bond acceptors (Lipinski definition) is 2. The van der Waals surface area contributed by atoms with Crippen LogP contribution in [0.4, 0.5) is 4.39 Å². The average molecular weight is 245 g/mol. The van der Waals surface area contributed by atoms with E-state index in [1.807, 2.05) is 0 Å². The molecule has 2 nitrogen and oxygen atoms in total. The van der Waals surface area contributed by atoms with Crippen molar-refractivity contribution in [3.05, 3.63) is 34.1 Å². The van der Waals surface area contributed by atoms with Crippen molar-refractivity contribution in [1.29, 1.82) is 0 Å². The van der Waals surface area contributed by atoms with Crippen LogP contribution in [0.2, 0.25) is 0 Å². The summed E-state index contributed by atoms with van der Waals surface area (Å²) in [6, 6.07) is 3.73. The van der Waals surface area contributed by atoms with Crippen molar-refractivity contribution in [2.45, 2.75) is 6.42 Å². The summed E-state index contributed by atoms with van der Waals surface area (Å²) >= 11 is 3.04. The summed E-state index contributed by atoms with van der Waals surface area (Å²) in [6.07, 6.45) is 0.350. The van der Waals surface area contributed by atoms with E-state index in [4.69, 9.17) is 0 Å². The second-order valence-electron chi connectivity index (χ2n) is 2.42. The van der Waals surface area contributed by atoms with E-state index in [2.05, 4.69) is 15.9 Å². The Bertz CT molecular complexity index is 349. The first-order chi connectivity index (χ1) is 6.15. The lowest BCUT2D eigenvalue weighted by Gasteiger charge is -2.00. The highest BCUT2D eigenvalue weighted by atomic mass is 79.9. The zero-order valence-corrected chi connectivity index (χ0v) is 8.17. The van der Waals surface area contributed by atoms with Gasteiger partial charge in [0.05, 0.1) is 6.42 Å². The molecule has 0 saturated carbocycles. The lowest BCUT2D eigenvalue weighted by molar-refractivity contribution is -0.107. The predicted molar refractivity (Wildman–Crippen MR) is 49.1 cm³/mol. The maximum Gasteiger partial charge on any atom is 0.171 e. The molecule has 0 aromatic heterocycles. The Morgan fingerprint density at radius 1 is 1.54 bits per heavy atom. The molecule has 0 amide bonds. The number of benzene rings is 1. The molecule has 0 spiro atoms. The first-order valence-electron chi connectivity index (χ1n) is 3.57. The van der Waals surface area contributed by atoms with Crippen molar-refractivity contribution in [1.82, 2.24) is 0 Å². The SMILES string of the molecule is O=CCC(=O)c1ccc(F)cc1Br. The van der Waals surface area contributed by atoms with Gasteiger partial charge < -0.3 is 4.79 Å². The summed E-state index contributed by atoms with van der Waals surface area (Å²) in [5, 5.41) is 0. The maximum absolute atomic E-state index is 12.6. The van der Waals surface area contributed by atoms with Crippen LogP contribution in [-0.2, 0) is 4.79 Å². The van der Waals surface area contributed by atoms with Gasteiger partial charge in [0, 0.05) is 10.0 Å². The molecular formula is C9H6BrFO2. The Balaban J connectivity index is 3.01. The summed E-state index contributed by atoms with van der Waals surface area (Å²) in [6.45, 7) is 0. The molecule has 0 saturated heterocycles. The van der Waals surface area contributed by atoms with E-state index in [1.54, 1.807) is 0 Å². The van der Waals surface area contributed by atoms with E-state index < -0.39 is 5.82 Å². The maximum atomic E-state index is 12.6. The second-order valence-corrected chi connectivity index (χ2v) is 3.27. The number of hydrogen-bond donors (Lipinski definition) is 0. The zero-order chi connectivity index (χ0) is 9.84. The normalized spacial score (nSPS) is 9.69. The van der Waals surface area contributed by atoms with Crippen LogP contribution in [0.1, 0.15) is 16.8 Å². The van der Waals surface area contributed by atoms with Crippen LogP contribution in [-0.4, -0.2) is 12.1 Å². The molecule has 0 bridgehead atoms. The Labute approximate surface area is 82.9 Å². The highest BCUT2D eigenvalue weighted by molar-refractivity contribution is 9.10. The van der Waals surface area contributed by atoms with Crippen LogP contribution in [0.3, 0.4) is 0 Å². The monoisotopic (exact) mass is 244 g/mol. The predicted octanol–water partition coefficient (Wildman–Crippen LogP) is 2.36. The molecule has 68 valence electrons. The van der Waals surface area contributed by atoms with E-state index in [0.717, 1.165) is 0 Å². The van der Waals surface area contributed by atoms with Gasteiger partial charge in [0.1, 0.15) is 12.1 Å². The molecule has 0 N–H and O–H groups in total. The Hall–Kier alpha value is -1.03. The van der Waals surface area contributed by atoms with Gasteiger partial charge in [-0.15, -0.1) is 0 Å². The van der Waals surface area contributed by atoms with Crippen molar-refractivity contribution in [3.63, 3.8) is 0 Å². The molecule has 0 radical (unpaired) electrons. The number of carbonyl (C=O) groups excluding carboxylic acids is 2. The van der Waals surface area contributed by atoms with Crippen molar-refractivity contribution in [2.24, 2.45) is 0 Å². The second kappa shape index (κ2) is 4.28. The lowest BCUT2D eigenvalue weighted by atomic mass is 10.1. The molecule has 0 heterocycles. The van der Waals surface area contributed by atoms with Crippen molar-refractivity contribution in [3.8, 4) is 0 Å². The van der Waals surface area contributed by atoms with Gasteiger partial charge in [-0.3, -0.25) is 4.79 Å². The number of aldehydes is 1. The number of ketones is 1. The van der Waals surface area contributed by atoms with Gasteiger partial charge in [0.15, 0.2) is 5.78 Å². The third kappa shape index (κ3) is 2.45. The first-order valence-corrected chi connectivity index (χ1v) is 4.36. The van der Waals surface area contributed by atoms with E-state index >= 15 is 0 Å². The zero-order valence-electron chi connectivity index (χ0n) is 6.59. The van der Waals surface area contributed by atoms with Gasteiger partial charge in [-0.05, 0) is 34.1 Å². The average Bonchev–Trinajstić information content (AvgIpc) is 2.04. The largest absolute Gasteiger partial charge is 0.303 e. The first kappa shape index (κ1) is 10.1. The molecular weight excluding hydrogens is 239 g/mol. The molecule has 0 aliphatic heterocycles. The molecule has 0 atom stereocenters. The lowest BCUT2D eigenvalue weighted by Crippen LogP contribution is -2.00. The third-order valence-corrected chi connectivity index (χ3v) is 2.16. The molecule has 1 rings (SSSR count). The van der Waals surface area contributed by atoms with Gasteiger partial charge in [-0.2, -0.15) is 0 Å². The molecule has 4 heteroatoms. The van der Waals surface area contributed by atoms with Gasteiger partial charge in [-0.25, -0.2) is 4.39 Å². The van der Waals surface area contributed by atoms with Gasteiger partial charge in [0.2, 0.25) is 0 Å². The molecule has 0 unspecified atom stereocenters. The molecule has 0 aliphatic rings. The van der Waals surface area contributed by atoms with Crippen LogP contribution in [0, 0.1) is 5.82 Å².